The molecule has 160 valence electrons. The number of halogens is 1. The molecule has 1 aromatic heterocycles. The summed E-state index contributed by atoms with van der Waals surface area (Å²) in [7, 11) is 0. The summed E-state index contributed by atoms with van der Waals surface area (Å²) >= 11 is 8.05. The summed E-state index contributed by atoms with van der Waals surface area (Å²) in [5.41, 5.74) is 1.91. The second kappa shape index (κ2) is 11.2. The molecular formula is C21H26ClN5O2S. The summed E-state index contributed by atoms with van der Waals surface area (Å²) in [4.78, 5) is 0. The molecular weight excluding hydrogens is 422 g/mol. The number of benzene rings is 2. The highest BCUT2D eigenvalue weighted by atomic mass is 35.5. The first-order valence-electron chi connectivity index (χ1n) is 9.87. The number of hydrogen-bond acceptors (Lipinski definition) is 7. The number of tetrazole rings is 1. The van der Waals surface area contributed by atoms with Crippen LogP contribution in [-0.2, 0) is 6.54 Å². The van der Waals surface area contributed by atoms with Gasteiger partial charge in [0.05, 0.1) is 18.4 Å². The highest BCUT2D eigenvalue weighted by molar-refractivity contribution is 7.99. The summed E-state index contributed by atoms with van der Waals surface area (Å²) in [6.45, 7) is 7.87. The van der Waals surface area contributed by atoms with Gasteiger partial charge in [-0.25, -0.2) is 0 Å². The number of ether oxygens (including phenoxy) is 2. The normalized spacial score (nSPS) is 11.1. The van der Waals surface area contributed by atoms with Gasteiger partial charge in [-0.05, 0) is 55.0 Å². The second-order valence-electron chi connectivity index (χ2n) is 6.72. The first-order valence-corrected chi connectivity index (χ1v) is 11.2. The van der Waals surface area contributed by atoms with Gasteiger partial charge in [0.2, 0.25) is 5.16 Å². The van der Waals surface area contributed by atoms with Gasteiger partial charge in [0.25, 0.3) is 0 Å². The Morgan fingerprint density at radius 3 is 2.70 bits per heavy atom. The van der Waals surface area contributed by atoms with Crippen LogP contribution in [0, 0.1) is 0 Å². The molecule has 30 heavy (non-hydrogen) atoms. The molecule has 0 radical (unpaired) electrons. The van der Waals surface area contributed by atoms with E-state index >= 15 is 0 Å². The van der Waals surface area contributed by atoms with Crippen molar-refractivity contribution in [3.63, 3.8) is 0 Å². The van der Waals surface area contributed by atoms with Crippen LogP contribution in [0.4, 0.5) is 0 Å². The first kappa shape index (κ1) is 22.4. The maximum Gasteiger partial charge on any atom is 0.214 e. The van der Waals surface area contributed by atoms with Crippen molar-refractivity contribution in [1.82, 2.24) is 25.5 Å². The molecule has 0 bridgehead atoms. The lowest BCUT2D eigenvalue weighted by molar-refractivity contribution is 0.223. The Labute approximate surface area is 186 Å². The van der Waals surface area contributed by atoms with E-state index in [1.165, 1.54) is 0 Å². The van der Waals surface area contributed by atoms with Gasteiger partial charge in [-0.3, -0.25) is 0 Å². The quantitative estimate of drug-likeness (QED) is 0.345. The topological polar surface area (TPSA) is 74.1 Å². The highest BCUT2D eigenvalue weighted by Crippen LogP contribution is 2.34. The molecule has 9 heteroatoms. The predicted octanol–water partition coefficient (Wildman–Crippen LogP) is 4.38. The van der Waals surface area contributed by atoms with Gasteiger partial charge in [-0.1, -0.05) is 41.6 Å². The van der Waals surface area contributed by atoms with Crippen LogP contribution in [0.2, 0.25) is 5.02 Å². The molecule has 0 saturated heterocycles. The summed E-state index contributed by atoms with van der Waals surface area (Å²) in [6.07, 6.45) is 0.0497. The summed E-state index contributed by atoms with van der Waals surface area (Å²) in [6, 6.07) is 13.6. The number of thioether (sulfide) groups is 1. The number of para-hydroxylation sites is 1. The SMILES string of the molecule is CCOc1cc(CNCCSc2nnnn2-c2ccccc2)c(Cl)cc1OC(C)C. The lowest BCUT2D eigenvalue weighted by Crippen LogP contribution is -2.17. The van der Waals surface area contributed by atoms with Crippen LogP contribution in [0.3, 0.4) is 0 Å². The molecule has 1 N–H and O–H groups in total. The van der Waals surface area contributed by atoms with Crippen molar-refractivity contribution in [2.24, 2.45) is 0 Å². The molecule has 3 rings (SSSR count). The van der Waals surface area contributed by atoms with Crippen molar-refractivity contribution in [3.05, 3.63) is 53.1 Å². The van der Waals surface area contributed by atoms with Crippen molar-refractivity contribution in [2.45, 2.75) is 38.6 Å². The van der Waals surface area contributed by atoms with Gasteiger partial charge in [-0.15, -0.1) is 5.10 Å². The Morgan fingerprint density at radius 2 is 1.97 bits per heavy atom. The Morgan fingerprint density at radius 1 is 1.17 bits per heavy atom. The molecule has 0 aliphatic rings. The van der Waals surface area contributed by atoms with E-state index in [2.05, 4.69) is 20.8 Å². The number of nitrogens with zero attached hydrogens (tertiary/aromatic N) is 4. The van der Waals surface area contributed by atoms with Crippen molar-refractivity contribution in [3.8, 4) is 17.2 Å². The molecule has 0 aliphatic carbocycles. The fraction of sp³-hybridized carbons (Fsp3) is 0.381. The van der Waals surface area contributed by atoms with E-state index < -0.39 is 0 Å². The van der Waals surface area contributed by atoms with E-state index in [0.29, 0.717) is 29.7 Å². The summed E-state index contributed by atoms with van der Waals surface area (Å²) < 4.78 is 13.3. The molecule has 0 fully saturated rings. The molecule has 2 aromatic carbocycles. The zero-order valence-electron chi connectivity index (χ0n) is 17.3. The summed E-state index contributed by atoms with van der Waals surface area (Å²) in [5, 5.41) is 16.8. The van der Waals surface area contributed by atoms with Crippen LogP contribution in [-0.4, -0.2) is 45.2 Å². The molecule has 0 atom stereocenters. The minimum Gasteiger partial charge on any atom is -0.490 e. The van der Waals surface area contributed by atoms with Crippen molar-refractivity contribution in [2.75, 3.05) is 18.9 Å². The summed E-state index contributed by atoms with van der Waals surface area (Å²) in [5.74, 6) is 2.20. The third-order valence-electron chi connectivity index (χ3n) is 4.04. The molecule has 1 heterocycles. The molecule has 7 nitrogen and oxygen atoms in total. The number of aromatic nitrogens is 4. The van der Waals surface area contributed by atoms with Crippen molar-refractivity contribution < 1.29 is 9.47 Å². The Kier molecular flexibility index (Phi) is 8.36. The van der Waals surface area contributed by atoms with Gasteiger partial charge < -0.3 is 14.8 Å². The number of hydrogen-bond donors (Lipinski definition) is 1. The van der Waals surface area contributed by atoms with Crippen molar-refractivity contribution in [1.29, 1.82) is 0 Å². The fourth-order valence-electron chi connectivity index (χ4n) is 2.76. The van der Waals surface area contributed by atoms with E-state index in [0.717, 1.165) is 28.7 Å². The molecule has 3 aromatic rings. The zero-order chi connectivity index (χ0) is 21.3. The van der Waals surface area contributed by atoms with E-state index in [-0.39, 0.29) is 6.10 Å². The van der Waals surface area contributed by atoms with Crippen LogP contribution in [0.15, 0.2) is 47.6 Å². The van der Waals surface area contributed by atoms with Gasteiger partial charge in [0, 0.05) is 29.9 Å². The van der Waals surface area contributed by atoms with Gasteiger partial charge in [-0.2, -0.15) is 4.68 Å². The molecule has 0 amide bonds. The first-order chi connectivity index (χ1) is 14.6. The smallest absolute Gasteiger partial charge is 0.214 e. The Hall–Kier alpha value is -2.29. The predicted molar refractivity (Wildman–Crippen MR) is 120 cm³/mol. The van der Waals surface area contributed by atoms with Crippen molar-refractivity contribution >= 4 is 23.4 Å². The van der Waals surface area contributed by atoms with E-state index in [1.807, 2.05) is 63.2 Å². The number of nitrogens with one attached hydrogen (secondary N) is 1. The minimum absolute atomic E-state index is 0.0497. The molecule has 0 spiro atoms. The second-order valence-corrected chi connectivity index (χ2v) is 8.19. The van der Waals surface area contributed by atoms with Crippen LogP contribution < -0.4 is 14.8 Å². The standard InChI is InChI=1S/C21H26ClN5O2S/c1-4-28-19-12-16(18(22)13-20(19)29-15(2)3)14-23-10-11-30-21-24-25-26-27(21)17-8-6-5-7-9-17/h5-9,12-13,15,23H,4,10-11,14H2,1-3H3. The fourth-order valence-corrected chi connectivity index (χ4v) is 3.77. The maximum absolute atomic E-state index is 6.46. The highest BCUT2D eigenvalue weighted by Gasteiger charge is 2.13. The maximum atomic E-state index is 6.46. The van der Waals surface area contributed by atoms with Gasteiger partial charge >= 0.3 is 0 Å². The molecule has 0 aliphatic heterocycles. The van der Waals surface area contributed by atoms with Gasteiger partial charge in [0.1, 0.15) is 0 Å². The van der Waals surface area contributed by atoms with E-state index in [4.69, 9.17) is 21.1 Å². The van der Waals surface area contributed by atoms with E-state index in [1.54, 1.807) is 16.4 Å². The monoisotopic (exact) mass is 447 g/mol. The molecule has 0 saturated carbocycles. The lowest BCUT2D eigenvalue weighted by Gasteiger charge is -2.17. The third-order valence-corrected chi connectivity index (χ3v) is 5.32. The average molecular weight is 448 g/mol. The van der Waals surface area contributed by atoms with E-state index in [9.17, 15) is 0 Å². The zero-order valence-corrected chi connectivity index (χ0v) is 18.9. The Balaban J connectivity index is 1.54. The number of rotatable bonds is 11. The Bertz CT molecular complexity index is 936. The van der Waals surface area contributed by atoms with Crippen LogP contribution in [0.25, 0.3) is 5.69 Å². The molecule has 0 unspecified atom stereocenters. The minimum atomic E-state index is 0.0497. The van der Waals surface area contributed by atoms with Crippen LogP contribution in [0.1, 0.15) is 26.3 Å². The van der Waals surface area contributed by atoms with Crippen LogP contribution in [0.5, 0.6) is 11.5 Å². The van der Waals surface area contributed by atoms with Gasteiger partial charge in [0.15, 0.2) is 11.5 Å². The van der Waals surface area contributed by atoms with Crippen LogP contribution >= 0.6 is 23.4 Å². The largest absolute Gasteiger partial charge is 0.490 e. The average Bonchev–Trinajstić information content (AvgIpc) is 3.19. The lowest BCUT2D eigenvalue weighted by atomic mass is 10.2. The third kappa shape index (κ3) is 6.10.